The van der Waals surface area contributed by atoms with Crippen molar-refractivity contribution in [2.24, 2.45) is 0 Å². The maximum atomic E-state index is 12.4. The molecule has 7 heteroatoms. The standard InChI is InChI=1S/C20H19N3O3S/c1-13-3-7-15(8-4-13)21-18(25)12-27-20-22-17(24)11-19(26)23(20)16-9-5-14(2)6-10-16/h3-11,24H,12H2,1-2H3,(H,21,25). The van der Waals surface area contributed by atoms with E-state index in [1.54, 1.807) is 12.1 Å². The van der Waals surface area contributed by atoms with Crippen LogP contribution >= 0.6 is 11.8 Å². The number of aromatic hydroxyl groups is 1. The second kappa shape index (κ2) is 8.09. The smallest absolute Gasteiger partial charge is 0.262 e. The van der Waals surface area contributed by atoms with Crippen molar-refractivity contribution < 1.29 is 9.90 Å². The highest BCUT2D eigenvalue weighted by molar-refractivity contribution is 7.99. The highest BCUT2D eigenvalue weighted by Gasteiger charge is 2.13. The third kappa shape index (κ3) is 4.77. The number of hydrogen-bond acceptors (Lipinski definition) is 5. The maximum absolute atomic E-state index is 12.4. The molecule has 0 aliphatic carbocycles. The van der Waals surface area contributed by atoms with Crippen molar-refractivity contribution in [3.8, 4) is 11.6 Å². The predicted molar refractivity (Wildman–Crippen MR) is 107 cm³/mol. The first-order valence-electron chi connectivity index (χ1n) is 8.32. The zero-order chi connectivity index (χ0) is 19.4. The summed E-state index contributed by atoms with van der Waals surface area (Å²) in [7, 11) is 0. The van der Waals surface area contributed by atoms with Gasteiger partial charge in [0.05, 0.1) is 17.5 Å². The largest absolute Gasteiger partial charge is 0.493 e. The van der Waals surface area contributed by atoms with Crippen molar-refractivity contribution in [3.63, 3.8) is 0 Å². The van der Waals surface area contributed by atoms with Crippen LogP contribution in [-0.2, 0) is 4.79 Å². The molecule has 0 saturated carbocycles. The quantitative estimate of drug-likeness (QED) is 0.523. The van der Waals surface area contributed by atoms with Crippen LogP contribution < -0.4 is 10.9 Å². The first kappa shape index (κ1) is 18.7. The molecule has 27 heavy (non-hydrogen) atoms. The molecule has 0 fully saturated rings. The normalized spacial score (nSPS) is 10.6. The lowest BCUT2D eigenvalue weighted by Gasteiger charge is -2.12. The number of carbonyl (C=O) groups excluding carboxylic acids is 1. The van der Waals surface area contributed by atoms with E-state index in [1.165, 1.54) is 4.57 Å². The molecule has 1 amide bonds. The van der Waals surface area contributed by atoms with Gasteiger partial charge in [0.1, 0.15) is 0 Å². The Morgan fingerprint density at radius 2 is 1.67 bits per heavy atom. The van der Waals surface area contributed by atoms with Crippen LogP contribution in [0.2, 0.25) is 0 Å². The fraction of sp³-hybridized carbons (Fsp3) is 0.150. The minimum Gasteiger partial charge on any atom is -0.493 e. The van der Waals surface area contributed by atoms with Crippen molar-refractivity contribution >= 4 is 23.4 Å². The van der Waals surface area contributed by atoms with Gasteiger partial charge in [-0.3, -0.25) is 14.2 Å². The highest BCUT2D eigenvalue weighted by Crippen LogP contribution is 2.21. The summed E-state index contributed by atoms with van der Waals surface area (Å²) in [6.45, 7) is 3.92. The summed E-state index contributed by atoms with van der Waals surface area (Å²) in [6, 6.07) is 15.9. The molecule has 0 atom stereocenters. The number of nitrogens with zero attached hydrogens (tertiary/aromatic N) is 2. The third-order valence-electron chi connectivity index (χ3n) is 3.83. The van der Waals surface area contributed by atoms with Crippen LogP contribution in [0.15, 0.2) is 64.5 Å². The summed E-state index contributed by atoms with van der Waals surface area (Å²) in [5.74, 6) is -0.544. The van der Waals surface area contributed by atoms with Gasteiger partial charge >= 0.3 is 0 Å². The monoisotopic (exact) mass is 381 g/mol. The van der Waals surface area contributed by atoms with E-state index >= 15 is 0 Å². The molecule has 0 unspecified atom stereocenters. The van der Waals surface area contributed by atoms with Gasteiger partial charge in [0.25, 0.3) is 5.56 Å². The van der Waals surface area contributed by atoms with Gasteiger partial charge in [-0.05, 0) is 38.1 Å². The van der Waals surface area contributed by atoms with E-state index in [-0.39, 0.29) is 22.7 Å². The van der Waals surface area contributed by atoms with E-state index in [9.17, 15) is 14.7 Å². The first-order chi connectivity index (χ1) is 12.9. The van der Waals surface area contributed by atoms with Crippen LogP contribution in [0.5, 0.6) is 5.88 Å². The third-order valence-corrected chi connectivity index (χ3v) is 4.77. The van der Waals surface area contributed by atoms with Gasteiger partial charge in [0.2, 0.25) is 11.8 Å². The van der Waals surface area contributed by atoms with Crippen molar-refractivity contribution in [1.82, 2.24) is 9.55 Å². The Morgan fingerprint density at radius 1 is 1.07 bits per heavy atom. The number of anilines is 1. The molecule has 138 valence electrons. The van der Waals surface area contributed by atoms with E-state index in [0.717, 1.165) is 29.0 Å². The van der Waals surface area contributed by atoms with Gasteiger partial charge < -0.3 is 10.4 Å². The zero-order valence-electron chi connectivity index (χ0n) is 15.0. The van der Waals surface area contributed by atoms with Crippen LogP contribution in [0.25, 0.3) is 5.69 Å². The Kier molecular flexibility index (Phi) is 5.61. The molecule has 0 aliphatic heterocycles. The molecule has 6 nitrogen and oxygen atoms in total. The maximum Gasteiger partial charge on any atom is 0.262 e. The number of carbonyl (C=O) groups is 1. The van der Waals surface area contributed by atoms with Crippen molar-refractivity contribution in [3.05, 3.63) is 76.1 Å². The summed E-state index contributed by atoms with van der Waals surface area (Å²) < 4.78 is 1.38. The number of amides is 1. The Morgan fingerprint density at radius 3 is 2.30 bits per heavy atom. The van der Waals surface area contributed by atoms with Crippen LogP contribution in [0.4, 0.5) is 5.69 Å². The van der Waals surface area contributed by atoms with Crippen LogP contribution in [0.1, 0.15) is 11.1 Å². The van der Waals surface area contributed by atoms with E-state index < -0.39 is 5.56 Å². The minimum atomic E-state index is -0.409. The minimum absolute atomic E-state index is 0.0512. The first-order valence-corrected chi connectivity index (χ1v) is 9.30. The average Bonchev–Trinajstić information content (AvgIpc) is 2.63. The van der Waals surface area contributed by atoms with Crippen LogP contribution in [0, 0.1) is 13.8 Å². The molecular formula is C20H19N3O3S. The second-order valence-corrected chi connectivity index (χ2v) is 7.05. The van der Waals surface area contributed by atoms with Gasteiger partial charge in [-0.1, -0.05) is 47.2 Å². The molecule has 1 heterocycles. The van der Waals surface area contributed by atoms with Gasteiger partial charge in [0.15, 0.2) is 5.16 Å². The number of aryl methyl sites for hydroxylation is 2. The van der Waals surface area contributed by atoms with Gasteiger partial charge in [-0.15, -0.1) is 0 Å². The zero-order valence-corrected chi connectivity index (χ0v) is 15.8. The van der Waals surface area contributed by atoms with Crippen LogP contribution in [0.3, 0.4) is 0 Å². The van der Waals surface area contributed by atoms with Crippen molar-refractivity contribution in [1.29, 1.82) is 0 Å². The number of nitrogens with one attached hydrogen (secondary N) is 1. The van der Waals surface area contributed by atoms with Gasteiger partial charge in [-0.2, -0.15) is 4.98 Å². The Labute approximate surface area is 160 Å². The van der Waals surface area contributed by atoms with E-state index in [4.69, 9.17) is 0 Å². The average molecular weight is 381 g/mol. The summed E-state index contributed by atoms with van der Waals surface area (Å²) >= 11 is 1.08. The molecule has 0 radical (unpaired) electrons. The lowest BCUT2D eigenvalue weighted by molar-refractivity contribution is -0.113. The fourth-order valence-corrected chi connectivity index (χ4v) is 3.26. The van der Waals surface area contributed by atoms with E-state index in [0.29, 0.717) is 11.4 Å². The Bertz CT molecular complexity index is 1010. The molecule has 3 rings (SSSR count). The van der Waals surface area contributed by atoms with Gasteiger partial charge in [-0.25, -0.2) is 0 Å². The molecule has 0 spiro atoms. The summed E-state index contributed by atoms with van der Waals surface area (Å²) in [5.41, 5.74) is 3.08. The van der Waals surface area contributed by atoms with Crippen molar-refractivity contribution in [2.75, 3.05) is 11.1 Å². The highest BCUT2D eigenvalue weighted by atomic mass is 32.2. The summed E-state index contributed by atoms with van der Waals surface area (Å²) in [4.78, 5) is 28.6. The number of thioether (sulfide) groups is 1. The molecule has 3 aromatic rings. The molecule has 2 aromatic carbocycles. The molecule has 0 saturated heterocycles. The van der Waals surface area contributed by atoms with Gasteiger partial charge in [0, 0.05) is 5.69 Å². The molecule has 1 aromatic heterocycles. The fourth-order valence-electron chi connectivity index (χ4n) is 2.44. The number of rotatable bonds is 5. The predicted octanol–water partition coefficient (Wildman–Crippen LogP) is 3.29. The number of hydrogen-bond donors (Lipinski definition) is 2. The van der Waals surface area contributed by atoms with E-state index in [1.807, 2.05) is 50.2 Å². The second-order valence-electron chi connectivity index (χ2n) is 6.11. The van der Waals surface area contributed by atoms with Crippen LogP contribution in [-0.4, -0.2) is 26.3 Å². The molecular weight excluding hydrogens is 362 g/mol. The number of benzene rings is 2. The summed E-state index contributed by atoms with van der Waals surface area (Å²) in [6.07, 6.45) is 0. The SMILES string of the molecule is Cc1ccc(NC(=O)CSc2nc(O)cc(=O)n2-c2ccc(C)cc2)cc1. The van der Waals surface area contributed by atoms with Crippen molar-refractivity contribution in [2.45, 2.75) is 19.0 Å². The summed E-state index contributed by atoms with van der Waals surface area (Å²) in [5, 5.41) is 12.7. The number of aromatic nitrogens is 2. The Hall–Kier alpha value is -3.06. The topological polar surface area (TPSA) is 84.2 Å². The van der Waals surface area contributed by atoms with E-state index in [2.05, 4.69) is 10.3 Å². The lowest BCUT2D eigenvalue weighted by atomic mass is 10.2. The molecule has 0 bridgehead atoms. The lowest BCUT2D eigenvalue weighted by Crippen LogP contribution is -2.21. The molecule has 2 N–H and O–H groups in total. The molecule has 0 aliphatic rings. The Balaban J connectivity index is 1.79.